The number of carbonyl (C=O) groups excluding carboxylic acids is 1. The van der Waals surface area contributed by atoms with Gasteiger partial charge in [0.2, 0.25) is 5.36 Å². The quantitative estimate of drug-likeness (QED) is 0.114. The molecule has 49 heavy (non-hydrogen) atoms. The van der Waals surface area contributed by atoms with Crippen molar-refractivity contribution in [1.29, 1.82) is 0 Å². The Morgan fingerprint density at radius 2 is 1.31 bits per heavy atom. The SMILES string of the molecule is CC1(C)CCN2CCC(C)(C)c3c4c(cc1c32)C(c1c(F)c(F)c(F)c(F)c1C(=O)[O-])=c1cc2c3c(c1O4)C(C)(C)CC[N+]=3CCC2(C)C. The number of aromatic carboxylic acids is 1. The van der Waals surface area contributed by atoms with Crippen LogP contribution in [0.4, 0.5) is 23.2 Å². The van der Waals surface area contributed by atoms with Crippen LogP contribution < -0.4 is 29.9 Å². The fourth-order valence-corrected chi connectivity index (χ4v) is 9.26. The zero-order chi connectivity index (χ0) is 35.3. The molecular formula is C40H42F4N2O3. The van der Waals surface area contributed by atoms with Crippen molar-refractivity contribution in [2.45, 2.75) is 103 Å². The first-order valence-electron chi connectivity index (χ1n) is 17.4. The molecule has 5 aliphatic rings. The van der Waals surface area contributed by atoms with Gasteiger partial charge in [-0.15, -0.1) is 0 Å². The van der Waals surface area contributed by atoms with Gasteiger partial charge in [-0.3, -0.25) is 0 Å². The summed E-state index contributed by atoms with van der Waals surface area (Å²) < 4.78 is 71.9. The van der Waals surface area contributed by atoms with Gasteiger partial charge in [-0.2, -0.15) is 0 Å². The average Bonchev–Trinajstić information content (AvgIpc) is 3.01. The van der Waals surface area contributed by atoms with Crippen LogP contribution in [0, 0.1) is 23.3 Å². The molecule has 0 N–H and O–H groups in total. The highest BCUT2D eigenvalue weighted by Gasteiger charge is 2.48. The molecule has 0 atom stereocenters. The summed E-state index contributed by atoms with van der Waals surface area (Å²) >= 11 is 0. The third-order valence-corrected chi connectivity index (χ3v) is 12.4. The molecule has 0 bridgehead atoms. The molecule has 0 unspecified atom stereocenters. The fourth-order valence-electron chi connectivity index (χ4n) is 9.26. The maximum Gasteiger partial charge on any atom is 0.211 e. The van der Waals surface area contributed by atoms with Crippen LogP contribution in [0.25, 0.3) is 5.57 Å². The maximum absolute atomic E-state index is 16.5. The lowest BCUT2D eigenvalue weighted by atomic mass is 9.67. The summed E-state index contributed by atoms with van der Waals surface area (Å²) in [5.74, 6) is -9.33. The fraction of sp³-hybridized carbons (Fsp3) is 0.500. The van der Waals surface area contributed by atoms with Crippen LogP contribution in [0.1, 0.15) is 125 Å². The second-order valence-corrected chi connectivity index (χ2v) is 17.3. The minimum absolute atomic E-state index is 0.0209. The van der Waals surface area contributed by atoms with Gasteiger partial charge in [0.25, 0.3) is 0 Å². The van der Waals surface area contributed by atoms with E-state index in [2.05, 4.69) is 64.9 Å². The molecule has 3 aromatic carbocycles. The molecule has 0 fully saturated rings. The first-order valence-corrected chi connectivity index (χ1v) is 17.4. The monoisotopic (exact) mass is 674 g/mol. The molecule has 5 aliphatic heterocycles. The molecule has 0 saturated carbocycles. The van der Waals surface area contributed by atoms with Gasteiger partial charge in [0.05, 0.1) is 11.5 Å². The van der Waals surface area contributed by atoms with Gasteiger partial charge in [-0.05, 0) is 41.4 Å². The van der Waals surface area contributed by atoms with E-state index in [4.69, 9.17) is 4.74 Å². The molecule has 9 heteroatoms. The van der Waals surface area contributed by atoms with Gasteiger partial charge in [-0.25, -0.2) is 22.1 Å². The number of benzene rings is 3. The lowest BCUT2D eigenvalue weighted by molar-refractivity contribution is -0.255. The number of carbonyl (C=O) groups is 1. The normalized spacial score (nSPS) is 21.7. The predicted octanol–water partition coefficient (Wildman–Crippen LogP) is 5.98. The van der Waals surface area contributed by atoms with E-state index in [1.165, 1.54) is 0 Å². The van der Waals surface area contributed by atoms with Crippen LogP contribution in [0.5, 0.6) is 11.5 Å². The molecule has 5 nitrogen and oxygen atoms in total. The number of carboxylic acid groups (broad SMARTS) is 1. The molecule has 8 rings (SSSR count). The van der Waals surface area contributed by atoms with Crippen molar-refractivity contribution >= 4 is 17.2 Å². The van der Waals surface area contributed by atoms with Crippen molar-refractivity contribution in [3.8, 4) is 11.5 Å². The molecule has 0 aromatic heterocycles. The Morgan fingerprint density at radius 1 is 0.735 bits per heavy atom. The Morgan fingerprint density at radius 3 is 1.96 bits per heavy atom. The van der Waals surface area contributed by atoms with Crippen molar-refractivity contribution in [1.82, 2.24) is 4.58 Å². The number of hydrogen-bond acceptors (Lipinski definition) is 4. The summed E-state index contributed by atoms with van der Waals surface area (Å²) in [4.78, 5) is 15.0. The van der Waals surface area contributed by atoms with Crippen LogP contribution >= 0.6 is 0 Å². The predicted molar refractivity (Wildman–Crippen MR) is 178 cm³/mol. The topological polar surface area (TPSA) is 55.6 Å². The molecule has 0 saturated heterocycles. The Labute approximate surface area is 283 Å². The Balaban J connectivity index is 1.68. The van der Waals surface area contributed by atoms with Gasteiger partial charge in [-0.1, -0.05) is 55.4 Å². The van der Waals surface area contributed by atoms with Gasteiger partial charge < -0.3 is 19.5 Å². The van der Waals surface area contributed by atoms with Crippen molar-refractivity contribution < 1.29 is 32.2 Å². The molecular weight excluding hydrogens is 632 g/mol. The maximum atomic E-state index is 16.5. The summed E-state index contributed by atoms with van der Waals surface area (Å²) in [7, 11) is 0. The summed E-state index contributed by atoms with van der Waals surface area (Å²) in [6.07, 6.45) is 3.26. The summed E-state index contributed by atoms with van der Waals surface area (Å²) in [5.41, 5.74) is 1.36. The van der Waals surface area contributed by atoms with Crippen LogP contribution in [0.15, 0.2) is 12.1 Å². The largest absolute Gasteiger partial charge is 0.545 e. The first-order chi connectivity index (χ1) is 22.8. The van der Waals surface area contributed by atoms with Gasteiger partial charge in [0.1, 0.15) is 24.6 Å². The number of anilines is 1. The number of hydrogen-bond donors (Lipinski definition) is 0. The number of nitrogens with zero attached hydrogens (tertiary/aromatic N) is 2. The zero-order valence-electron chi connectivity index (χ0n) is 29.4. The van der Waals surface area contributed by atoms with E-state index in [1.54, 1.807) is 0 Å². The van der Waals surface area contributed by atoms with Gasteiger partial charge >= 0.3 is 0 Å². The Hall–Kier alpha value is -3.88. The second kappa shape index (κ2) is 9.88. The first kappa shape index (κ1) is 32.3. The number of fused-ring (bicyclic) bond motifs is 4. The number of carboxylic acids is 1. The minimum Gasteiger partial charge on any atom is -0.545 e. The van der Waals surface area contributed by atoms with Crippen LogP contribution in [0.2, 0.25) is 0 Å². The second-order valence-electron chi connectivity index (χ2n) is 17.3. The highest BCUT2D eigenvalue weighted by Crippen LogP contribution is 2.57. The van der Waals surface area contributed by atoms with E-state index in [0.717, 1.165) is 85.2 Å². The third-order valence-electron chi connectivity index (χ3n) is 12.4. The highest BCUT2D eigenvalue weighted by molar-refractivity contribution is 5.99. The van der Waals surface area contributed by atoms with E-state index in [1.807, 2.05) is 12.1 Å². The number of ether oxygens (including phenoxy) is 1. The molecule has 0 spiro atoms. The van der Waals surface area contributed by atoms with Crippen LogP contribution in [-0.4, -0.2) is 32.1 Å². The van der Waals surface area contributed by atoms with Crippen molar-refractivity contribution in [2.75, 3.05) is 31.1 Å². The zero-order valence-corrected chi connectivity index (χ0v) is 29.4. The van der Waals surface area contributed by atoms with E-state index in [9.17, 15) is 14.3 Å². The smallest absolute Gasteiger partial charge is 0.211 e. The van der Waals surface area contributed by atoms with E-state index >= 15 is 13.2 Å². The van der Waals surface area contributed by atoms with Crippen LogP contribution in [-0.2, 0) is 21.7 Å². The number of rotatable bonds is 2. The number of halogens is 4. The van der Waals surface area contributed by atoms with Crippen molar-refractivity contribution in [3.05, 3.63) is 84.9 Å². The molecule has 0 aliphatic carbocycles. The highest BCUT2D eigenvalue weighted by atomic mass is 19.2. The Bertz CT molecular complexity index is 2190. The van der Waals surface area contributed by atoms with Gasteiger partial charge in [0, 0.05) is 81.1 Å². The van der Waals surface area contributed by atoms with Crippen molar-refractivity contribution in [3.63, 3.8) is 0 Å². The summed E-state index contributed by atoms with van der Waals surface area (Å²) in [6, 6.07) is 3.79. The third kappa shape index (κ3) is 4.22. The summed E-state index contributed by atoms with van der Waals surface area (Å²) in [6.45, 7) is 20.4. The standard InChI is InChI=1S/C40H42F4N2O3/c1-37(2)9-13-45-15-11-39(5,6)26-32(45)21(37)17-19-23(24-25(36(47)48)29(42)31(44)30(43)28(24)41)20-18-22-33-27(35(20)49-34(19)26)40(7,8)12-16-46(33)14-10-38(22,3)4/h17-18H,9-16H2,1-8H3. The Kier molecular flexibility index (Phi) is 6.52. The van der Waals surface area contributed by atoms with E-state index < -0.39 is 51.2 Å². The molecule has 0 radical (unpaired) electrons. The minimum atomic E-state index is -2.19. The summed E-state index contributed by atoms with van der Waals surface area (Å²) in [5, 5.41) is 14.1. The lowest BCUT2D eigenvalue weighted by Gasteiger charge is -2.49. The molecule has 3 aromatic rings. The van der Waals surface area contributed by atoms with E-state index in [0.29, 0.717) is 22.3 Å². The van der Waals surface area contributed by atoms with Crippen molar-refractivity contribution in [2.24, 2.45) is 0 Å². The molecule has 5 heterocycles. The van der Waals surface area contributed by atoms with E-state index in [-0.39, 0.29) is 16.4 Å². The van der Waals surface area contributed by atoms with Gasteiger partial charge in [0.15, 0.2) is 23.3 Å². The van der Waals surface area contributed by atoms with Crippen LogP contribution in [0.3, 0.4) is 0 Å². The molecule has 0 amide bonds. The lowest BCUT2D eigenvalue weighted by Crippen LogP contribution is -2.54. The molecule has 258 valence electrons. The average molecular weight is 675 g/mol.